The lowest BCUT2D eigenvalue weighted by Gasteiger charge is -2.40. The van der Waals surface area contributed by atoms with Gasteiger partial charge in [0.05, 0.1) is 6.61 Å². The Morgan fingerprint density at radius 3 is 2.24 bits per heavy atom. The fourth-order valence-electron chi connectivity index (χ4n) is 3.08. The van der Waals surface area contributed by atoms with E-state index in [4.69, 9.17) is 24.2 Å². The maximum absolute atomic E-state index is 13.1. The smallest absolute Gasteiger partial charge is 0.456 e. The minimum atomic E-state index is -6.08. The van der Waals surface area contributed by atoms with E-state index in [2.05, 4.69) is 14.2 Å². The molecule has 2 fully saturated rings. The van der Waals surface area contributed by atoms with Crippen molar-refractivity contribution in [3.8, 4) is 0 Å². The molecule has 2 aliphatic rings. The van der Waals surface area contributed by atoms with E-state index >= 15 is 0 Å². The van der Waals surface area contributed by atoms with Crippen LogP contribution < -0.4 is 0 Å². The molecule has 0 aromatic rings. The summed E-state index contributed by atoms with van der Waals surface area (Å²) in [6, 6.07) is -1.49. The number of esters is 1. The standard InChI is InChI=1S/C17H28F3N3O8SSi/c1-15(2,3)33(6,7)27-8-9(31-32(25,26)17(18,19)20)11-13-12(29-16(4,5)30-13)10(22-23-21)14(24)28-11/h9-13H,8H2,1-7H3/t9-,10+,11-,12-,13+/m1/s1. The summed E-state index contributed by atoms with van der Waals surface area (Å²) >= 11 is 0. The van der Waals surface area contributed by atoms with Gasteiger partial charge in [-0.25, -0.2) is 0 Å². The number of hydrogen-bond acceptors (Lipinski definition) is 9. The second kappa shape index (κ2) is 8.98. The predicted octanol–water partition coefficient (Wildman–Crippen LogP) is 3.37. The molecule has 0 radical (unpaired) electrons. The van der Waals surface area contributed by atoms with Crippen molar-refractivity contribution in [2.45, 2.75) is 94.5 Å². The Hall–Kier alpha value is -1.42. The number of cyclic esters (lactones) is 1. The molecule has 2 saturated heterocycles. The zero-order valence-electron chi connectivity index (χ0n) is 19.2. The van der Waals surface area contributed by atoms with Crippen LogP contribution in [0.2, 0.25) is 18.1 Å². The Balaban J connectivity index is 2.46. The number of azide groups is 1. The molecule has 0 aromatic carbocycles. The minimum absolute atomic E-state index is 0.367. The van der Waals surface area contributed by atoms with Crippen molar-refractivity contribution in [2.24, 2.45) is 5.11 Å². The lowest BCUT2D eigenvalue weighted by Crippen LogP contribution is -2.59. The Morgan fingerprint density at radius 1 is 1.21 bits per heavy atom. The normalized spacial score (nSPS) is 29.1. The van der Waals surface area contributed by atoms with Gasteiger partial charge in [-0.1, -0.05) is 25.9 Å². The highest BCUT2D eigenvalue weighted by atomic mass is 32.2. The summed E-state index contributed by atoms with van der Waals surface area (Å²) in [4.78, 5) is 15.1. The van der Waals surface area contributed by atoms with Gasteiger partial charge in [-0.2, -0.15) is 21.6 Å². The molecular weight excluding hydrogens is 491 g/mol. The fourth-order valence-corrected chi connectivity index (χ4v) is 4.69. The summed E-state index contributed by atoms with van der Waals surface area (Å²) in [7, 11) is -8.68. The van der Waals surface area contributed by atoms with E-state index in [0.29, 0.717) is 0 Å². The number of halogens is 3. The largest absolute Gasteiger partial charge is 0.523 e. The molecule has 0 aromatic heterocycles. The van der Waals surface area contributed by atoms with Gasteiger partial charge in [0, 0.05) is 4.91 Å². The summed E-state index contributed by atoms with van der Waals surface area (Å²) in [5, 5.41) is 2.97. The third kappa shape index (κ3) is 5.99. The van der Waals surface area contributed by atoms with Gasteiger partial charge >= 0.3 is 21.6 Å². The zero-order valence-corrected chi connectivity index (χ0v) is 21.1. The zero-order chi connectivity index (χ0) is 25.6. The molecule has 11 nitrogen and oxygen atoms in total. The summed E-state index contributed by atoms with van der Waals surface area (Å²) in [5.74, 6) is -2.45. The maximum atomic E-state index is 13.1. The van der Waals surface area contributed by atoms with Crippen molar-refractivity contribution in [1.82, 2.24) is 0 Å². The third-order valence-corrected chi connectivity index (χ3v) is 11.4. The number of carbonyl (C=O) groups is 1. The van der Waals surface area contributed by atoms with Gasteiger partial charge in [0.2, 0.25) is 0 Å². The van der Waals surface area contributed by atoms with Crippen LogP contribution in [0.5, 0.6) is 0 Å². The van der Waals surface area contributed by atoms with Gasteiger partial charge in [-0.15, -0.1) is 0 Å². The average molecular weight is 520 g/mol. The molecule has 0 amide bonds. The number of nitrogens with zero attached hydrogens (tertiary/aromatic N) is 3. The molecule has 0 bridgehead atoms. The Labute approximate surface area is 190 Å². The van der Waals surface area contributed by atoms with Crippen molar-refractivity contribution in [2.75, 3.05) is 6.61 Å². The monoisotopic (exact) mass is 519 g/mol. The van der Waals surface area contributed by atoms with Gasteiger partial charge in [0.25, 0.3) is 0 Å². The first-order chi connectivity index (χ1) is 14.7. The highest BCUT2D eigenvalue weighted by molar-refractivity contribution is 7.87. The van der Waals surface area contributed by atoms with Crippen molar-refractivity contribution >= 4 is 24.4 Å². The molecule has 0 N–H and O–H groups in total. The second-order valence-electron chi connectivity index (χ2n) is 9.72. The van der Waals surface area contributed by atoms with Crippen molar-refractivity contribution in [3.63, 3.8) is 0 Å². The molecule has 2 rings (SSSR count). The molecule has 33 heavy (non-hydrogen) atoms. The molecule has 5 atom stereocenters. The van der Waals surface area contributed by atoms with E-state index in [-0.39, 0.29) is 5.04 Å². The van der Waals surface area contributed by atoms with E-state index in [1.54, 1.807) is 13.1 Å². The summed E-state index contributed by atoms with van der Waals surface area (Å²) in [6.07, 6.45) is -6.10. The lowest BCUT2D eigenvalue weighted by molar-refractivity contribution is -0.186. The van der Waals surface area contributed by atoms with E-state index in [0.717, 1.165) is 0 Å². The first-order valence-corrected chi connectivity index (χ1v) is 14.3. The van der Waals surface area contributed by atoms with Crippen molar-refractivity contribution in [3.05, 3.63) is 10.4 Å². The molecule has 16 heteroatoms. The van der Waals surface area contributed by atoms with Crippen LogP contribution in [0, 0.1) is 0 Å². The molecule has 0 saturated carbocycles. The predicted molar refractivity (Wildman–Crippen MR) is 110 cm³/mol. The fraction of sp³-hybridized carbons (Fsp3) is 0.941. The van der Waals surface area contributed by atoms with Gasteiger partial charge in [0.15, 0.2) is 26.3 Å². The van der Waals surface area contributed by atoms with Gasteiger partial charge in [-0.05, 0) is 37.5 Å². The van der Waals surface area contributed by atoms with Crippen molar-refractivity contribution in [1.29, 1.82) is 0 Å². The summed E-state index contributed by atoms with van der Waals surface area (Å²) < 4.78 is 89.8. The topological polar surface area (TPSA) is 146 Å². The second-order valence-corrected chi connectivity index (χ2v) is 16.1. The van der Waals surface area contributed by atoms with E-state index in [9.17, 15) is 26.4 Å². The van der Waals surface area contributed by atoms with E-state index < -0.39 is 72.8 Å². The number of carbonyl (C=O) groups excluding carboxylic acids is 1. The molecule has 2 aliphatic heterocycles. The Morgan fingerprint density at radius 2 is 1.76 bits per heavy atom. The van der Waals surface area contributed by atoms with Crippen LogP contribution in [0.1, 0.15) is 34.6 Å². The number of rotatable bonds is 7. The number of fused-ring (bicyclic) bond motifs is 1. The van der Waals surface area contributed by atoms with E-state index in [1.165, 1.54) is 13.8 Å². The van der Waals surface area contributed by atoms with Crippen molar-refractivity contribution < 1.29 is 49.2 Å². The van der Waals surface area contributed by atoms with Crippen LogP contribution in [0.3, 0.4) is 0 Å². The van der Waals surface area contributed by atoms with Crippen LogP contribution in [0.25, 0.3) is 10.4 Å². The molecule has 190 valence electrons. The van der Waals surface area contributed by atoms with Crippen LogP contribution in [-0.2, 0) is 37.7 Å². The first kappa shape index (κ1) is 27.8. The first-order valence-electron chi connectivity index (χ1n) is 9.96. The third-order valence-electron chi connectivity index (χ3n) is 5.78. The number of alkyl halides is 3. The minimum Gasteiger partial charge on any atom is -0.456 e. The van der Waals surface area contributed by atoms with Crippen LogP contribution in [0.15, 0.2) is 5.11 Å². The lowest BCUT2D eigenvalue weighted by atomic mass is 9.95. The summed E-state index contributed by atoms with van der Waals surface area (Å²) in [5.41, 5.74) is 3.04. The SMILES string of the molecule is CC1(C)O[C@@H]2[C@H](O1)[C@H](N=[N+]=[N-])C(=O)O[C@@H]2[C@@H](CO[Si](C)(C)C(C)(C)C)OS(=O)(=O)C(F)(F)F. The Kier molecular flexibility index (Phi) is 7.57. The number of ether oxygens (including phenoxy) is 3. The van der Waals surface area contributed by atoms with Crippen LogP contribution in [-0.4, -0.2) is 71.1 Å². The highest BCUT2D eigenvalue weighted by Gasteiger charge is 2.59. The quantitative estimate of drug-likeness (QED) is 0.0946. The molecule has 0 aliphatic carbocycles. The maximum Gasteiger partial charge on any atom is 0.523 e. The highest BCUT2D eigenvalue weighted by Crippen LogP contribution is 2.41. The Bertz CT molecular complexity index is 915. The average Bonchev–Trinajstić information content (AvgIpc) is 2.94. The van der Waals surface area contributed by atoms with Gasteiger partial charge in [-0.3, -0.25) is 8.98 Å². The molecular formula is C17H28F3N3O8SSi. The molecule has 2 heterocycles. The van der Waals surface area contributed by atoms with E-state index in [1.807, 2.05) is 20.8 Å². The van der Waals surface area contributed by atoms with Gasteiger partial charge < -0.3 is 18.6 Å². The molecule has 0 spiro atoms. The van der Waals surface area contributed by atoms with Crippen LogP contribution in [0.4, 0.5) is 13.2 Å². The van der Waals surface area contributed by atoms with Crippen LogP contribution >= 0.6 is 0 Å². The van der Waals surface area contributed by atoms with Gasteiger partial charge in [0.1, 0.15) is 18.3 Å². The summed E-state index contributed by atoms with van der Waals surface area (Å²) in [6.45, 7) is 11.5. The molecule has 0 unspecified atom stereocenters. The number of hydrogen-bond donors (Lipinski definition) is 0.